The predicted molar refractivity (Wildman–Crippen MR) is 200 cm³/mol. The lowest BCUT2D eigenvalue weighted by molar-refractivity contribution is 1.50. The Labute approximate surface area is 269 Å². The normalized spacial score (nSPS) is 12.6. The van der Waals surface area contributed by atoms with Crippen molar-refractivity contribution in [3.05, 3.63) is 109 Å². The summed E-state index contributed by atoms with van der Waals surface area (Å²) in [4.78, 5) is 29.7. The Morgan fingerprint density at radius 3 is 0.646 bits per heavy atom. The summed E-state index contributed by atoms with van der Waals surface area (Å²) in [6, 6.07) is 39.1. The number of fused-ring (bicyclic) bond motifs is 14. The van der Waals surface area contributed by atoms with Gasteiger partial charge < -0.3 is 39.9 Å². The summed E-state index contributed by atoms with van der Waals surface area (Å²) in [7, 11) is 0. The second kappa shape index (κ2) is 8.51. The smallest absolute Gasteiger partial charge is 0.0568 e. The highest BCUT2D eigenvalue weighted by atomic mass is 14.8. The Morgan fingerprint density at radius 1 is 0.208 bits per heavy atom. The molecule has 0 amide bonds. The number of aromatic amines is 8. The first kappa shape index (κ1) is 24.4. The van der Waals surface area contributed by atoms with E-state index in [0.717, 1.165) is 99.0 Å². The molecule has 226 valence electrons. The number of rotatable bonds is 0. The zero-order chi connectivity index (χ0) is 31.1. The summed E-state index contributed by atoms with van der Waals surface area (Å²) in [6.45, 7) is 0. The van der Waals surface area contributed by atoms with Crippen LogP contribution in [0.25, 0.3) is 121 Å². The molecule has 12 rings (SSSR count). The molecule has 0 aliphatic carbocycles. The zero-order valence-corrected chi connectivity index (χ0v) is 25.4. The summed E-state index contributed by atoms with van der Waals surface area (Å²) in [6.07, 6.45) is 0. The average Bonchev–Trinajstić information content (AvgIpc) is 3.89. The summed E-state index contributed by atoms with van der Waals surface area (Å²) in [5.74, 6) is 0. The van der Waals surface area contributed by atoms with Gasteiger partial charge in [-0.1, -0.05) is 0 Å². The number of H-pyrrole nitrogens is 8. The van der Waals surface area contributed by atoms with Crippen molar-refractivity contribution < 1.29 is 0 Å². The lowest BCUT2D eigenvalue weighted by Gasteiger charge is -2.08. The molecule has 0 radical (unpaired) electrons. The van der Waals surface area contributed by atoms with Crippen LogP contribution in [0.15, 0.2) is 109 Å². The molecule has 48 heavy (non-hydrogen) atoms. The molecule has 0 aliphatic rings. The van der Waals surface area contributed by atoms with E-state index in [1.54, 1.807) is 0 Å². The monoisotopic (exact) mass is 618 g/mol. The number of nitrogens with one attached hydrogen (secondary N) is 8. The van der Waals surface area contributed by atoms with Crippen LogP contribution in [-0.4, -0.2) is 39.9 Å². The van der Waals surface area contributed by atoms with E-state index >= 15 is 0 Å². The fourth-order valence-corrected chi connectivity index (χ4v) is 8.00. The van der Waals surface area contributed by atoms with Crippen LogP contribution < -0.4 is 0 Å². The minimum absolute atomic E-state index is 1.04. The maximum Gasteiger partial charge on any atom is 0.0568 e. The van der Waals surface area contributed by atoms with Crippen molar-refractivity contribution in [2.75, 3.05) is 0 Å². The minimum atomic E-state index is 1.04. The Balaban J connectivity index is 1.38. The molecular weight excluding hydrogens is 592 g/mol. The molecule has 10 heterocycles. The van der Waals surface area contributed by atoms with Crippen molar-refractivity contribution in [1.82, 2.24) is 39.9 Å². The highest BCUT2D eigenvalue weighted by molar-refractivity contribution is 6.39. The molecule has 2 aromatic carbocycles. The molecule has 0 fully saturated rings. The van der Waals surface area contributed by atoms with E-state index in [9.17, 15) is 0 Å². The lowest BCUT2D eigenvalue weighted by atomic mass is 9.98. The molecule has 0 saturated heterocycles. The van der Waals surface area contributed by atoms with E-state index in [1.165, 1.54) is 21.5 Å². The molecule has 16 bridgehead atoms. The molecule has 0 unspecified atom stereocenters. The largest absolute Gasteiger partial charge is 0.355 e. The quantitative estimate of drug-likeness (QED) is 0.0823. The molecule has 12 aromatic rings. The average molecular weight is 619 g/mol. The van der Waals surface area contributed by atoms with Gasteiger partial charge in [0.15, 0.2) is 0 Å². The van der Waals surface area contributed by atoms with E-state index in [4.69, 9.17) is 0 Å². The summed E-state index contributed by atoms with van der Waals surface area (Å²) in [5.41, 5.74) is 16.9. The van der Waals surface area contributed by atoms with Gasteiger partial charge >= 0.3 is 0 Å². The van der Waals surface area contributed by atoms with E-state index < -0.39 is 0 Å². The summed E-state index contributed by atoms with van der Waals surface area (Å²) in [5, 5.41) is 7.00. The van der Waals surface area contributed by atoms with Gasteiger partial charge in [-0.15, -0.1) is 0 Å². The highest BCUT2D eigenvalue weighted by Crippen LogP contribution is 2.44. The number of benzene rings is 2. The molecule has 8 N–H and O–H groups in total. The molecule has 0 spiro atoms. The topological polar surface area (TPSA) is 126 Å². The maximum absolute atomic E-state index is 3.85. The van der Waals surface area contributed by atoms with E-state index in [-0.39, 0.29) is 0 Å². The van der Waals surface area contributed by atoms with E-state index in [2.05, 4.69) is 149 Å². The lowest BCUT2D eigenvalue weighted by Crippen LogP contribution is -1.85. The third kappa shape index (κ3) is 3.43. The molecule has 0 aliphatic heterocycles. The number of hydrogen-bond donors (Lipinski definition) is 8. The highest BCUT2D eigenvalue weighted by Gasteiger charge is 2.20. The van der Waals surface area contributed by atoms with Crippen LogP contribution in [0.2, 0.25) is 0 Å². The van der Waals surface area contributed by atoms with Crippen LogP contribution >= 0.6 is 0 Å². The van der Waals surface area contributed by atoms with Crippen molar-refractivity contribution in [2.24, 2.45) is 0 Å². The SMILES string of the molecule is c1cc2cc3cc4c5cc6cc7ccc(cc8ccc(cc9cc%10c%11cc(cc%12ccc(cc1[nH]2)[nH]%12)[nH]c%11c(c4[nH]3)c(c5[nH]6)c%10[nH]9)[nH]8)[nH]7. The van der Waals surface area contributed by atoms with Crippen molar-refractivity contribution in [1.29, 1.82) is 0 Å². The van der Waals surface area contributed by atoms with Crippen LogP contribution in [-0.2, 0) is 0 Å². The number of aromatic nitrogens is 8. The standard InChI is InChI=1S/C40H26N8/c1-5-23-11-27-15-31-32-17-29-13-25-7-3-21(43-25)10-22-4-8-26(44-22)14-30-18-34-33-16-28(12-24-6-2-20(42-24)9-19(1)41-23)46-39(33)35(37(31)45-27)36(38(32)47-29)40(34)48-30/h1-18,41-48H. The van der Waals surface area contributed by atoms with E-state index in [1.807, 2.05) is 0 Å². The second-order valence-corrected chi connectivity index (χ2v) is 13.1. The Hall–Kier alpha value is -6.80. The van der Waals surface area contributed by atoms with Crippen LogP contribution in [0.1, 0.15) is 0 Å². The van der Waals surface area contributed by atoms with Crippen LogP contribution in [0.4, 0.5) is 0 Å². The van der Waals surface area contributed by atoms with Crippen LogP contribution in [0, 0.1) is 0 Å². The molecule has 0 saturated carbocycles. The first-order valence-corrected chi connectivity index (χ1v) is 16.2. The van der Waals surface area contributed by atoms with Crippen molar-refractivity contribution in [2.45, 2.75) is 0 Å². The van der Waals surface area contributed by atoms with Gasteiger partial charge in [-0.3, -0.25) is 0 Å². The van der Waals surface area contributed by atoms with Gasteiger partial charge in [-0.05, 0) is 109 Å². The van der Waals surface area contributed by atoms with Crippen LogP contribution in [0.3, 0.4) is 0 Å². The Bertz CT molecular complexity index is 2970. The van der Waals surface area contributed by atoms with Gasteiger partial charge in [0, 0.05) is 98.5 Å². The zero-order valence-electron chi connectivity index (χ0n) is 25.4. The summed E-state index contributed by atoms with van der Waals surface area (Å²) >= 11 is 0. The Kier molecular flexibility index (Phi) is 4.33. The number of hydrogen-bond acceptors (Lipinski definition) is 0. The van der Waals surface area contributed by atoms with Crippen molar-refractivity contribution in [3.63, 3.8) is 0 Å². The third-order valence-electron chi connectivity index (χ3n) is 9.97. The molecule has 10 aromatic heterocycles. The maximum atomic E-state index is 3.85. The fraction of sp³-hybridized carbons (Fsp3) is 0. The Morgan fingerprint density at radius 2 is 0.417 bits per heavy atom. The van der Waals surface area contributed by atoms with Gasteiger partial charge in [0.2, 0.25) is 0 Å². The van der Waals surface area contributed by atoms with Gasteiger partial charge in [0.1, 0.15) is 0 Å². The van der Waals surface area contributed by atoms with Crippen molar-refractivity contribution in [3.8, 4) is 0 Å². The van der Waals surface area contributed by atoms with Crippen LogP contribution in [0.5, 0.6) is 0 Å². The summed E-state index contributed by atoms with van der Waals surface area (Å²) < 4.78 is 0. The fourth-order valence-electron chi connectivity index (χ4n) is 8.00. The van der Waals surface area contributed by atoms with Gasteiger partial charge in [-0.25, -0.2) is 0 Å². The van der Waals surface area contributed by atoms with Crippen molar-refractivity contribution >= 4 is 121 Å². The van der Waals surface area contributed by atoms with E-state index in [0.29, 0.717) is 0 Å². The second-order valence-electron chi connectivity index (χ2n) is 13.1. The van der Waals surface area contributed by atoms with Gasteiger partial charge in [0.25, 0.3) is 0 Å². The van der Waals surface area contributed by atoms with Gasteiger partial charge in [0.05, 0.1) is 22.1 Å². The first-order chi connectivity index (χ1) is 23.6. The molecule has 0 atom stereocenters. The first-order valence-electron chi connectivity index (χ1n) is 16.2. The molecular formula is C40H26N8. The minimum Gasteiger partial charge on any atom is -0.355 e. The predicted octanol–water partition coefficient (Wildman–Crippen LogP) is 10.7. The third-order valence-corrected chi connectivity index (χ3v) is 9.97. The van der Waals surface area contributed by atoms with Gasteiger partial charge in [-0.2, -0.15) is 0 Å². The molecule has 8 nitrogen and oxygen atoms in total. The molecule has 8 heteroatoms.